The minimum absolute atomic E-state index is 0.274. The van der Waals surface area contributed by atoms with Crippen molar-refractivity contribution in [1.29, 1.82) is 0 Å². The summed E-state index contributed by atoms with van der Waals surface area (Å²) in [5.74, 6) is 0.970. The molecule has 2 aromatic heterocycles. The normalized spacial score (nSPS) is 10.6. The number of nitrogens with zero attached hydrogens (tertiary/aromatic N) is 2. The van der Waals surface area contributed by atoms with E-state index in [2.05, 4.69) is 26.1 Å². The van der Waals surface area contributed by atoms with E-state index in [0.717, 1.165) is 9.35 Å². The number of rotatable bonds is 2. The van der Waals surface area contributed by atoms with Crippen LogP contribution >= 0.6 is 27.3 Å². The van der Waals surface area contributed by atoms with Crippen molar-refractivity contribution in [2.24, 2.45) is 5.73 Å². The van der Waals surface area contributed by atoms with Crippen LogP contribution in [0.25, 0.3) is 10.8 Å². The van der Waals surface area contributed by atoms with Crippen LogP contribution in [-0.4, -0.2) is 10.2 Å². The van der Waals surface area contributed by atoms with Crippen molar-refractivity contribution in [3.63, 3.8) is 0 Å². The molecule has 0 saturated heterocycles. The lowest BCUT2D eigenvalue weighted by molar-refractivity contribution is 0.509. The van der Waals surface area contributed by atoms with Gasteiger partial charge in [0, 0.05) is 4.47 Å². The van der Waals surface area contributed by atoms with Crippen molar-refractivity contribution in [3.05, 3.63) is 21.8 Å². The second-order valence-electron chi connectivity index (χ2n) is 2.30. The quantitative estimate of drug-likeness (QED) is 0.897. The molecule has 0 aliphatic rings. The average Bonchev–Trinajstić information content (AvgIpc) is 2.71. The standard InChI is InChI=1S/C7H6BrN3OS/c8-4-1-2-13-6(4)7-11-10-5(3-9)12-7/h1-2H,3,9H2. The first kappa shape index (κ1) is 8.86. The summed E-state index contributed by atoms with van der Waals surface area (Å²) in [4.78, 5) is 0.937. The van der Waals surface area contributed by atoms with Crippen LogP contribution in [0.2, 0.25) is 0 Å². The Balaban J connectivity index is 2.41. The molecule has 0 aliphatic carbocycles. The summed E-state index contributed by atoms with van der Waals surface area (Å²) in [5.41, 5.74) is 5.35. The number of halogens is 1. The molecule has 0 unspecified atom stereocenters. The van der Waals surface area contributed by atoms with Gasteiger partial charge in [-0.25, -0.2) is 0 Å². The van der Waals surface area contributed by atoms with Gasteiger partial charge in [0.15, 0.2) is 0 Å². The number of aromatic nitrogens is 2. The zero-order valence-electron chi connectivity index (χ0n) is 6.53. The predicted molar refractivity (Wildman–Crippen MR) is 53.2 cm³/mol. The third kappa shape index (κ3) is 1.65. The number of nitrogens with two attached hydrogens (primary N) is 1. The molecule has 0 saturated carbocycles. The minimum Gasteiger partial charge on any atom is -0.418 e. The van der Waals surface area contributed by atoms with Crippen LogP contribution in [0.15, 0.2) is 20.3 Å². The number of hydrogen-bond acceptors (Lipinski definition) is 5. The highest BCUT2D eigenvalue weighted by molar-refractivity contribution is 9.10. The summed E-state index contributed by atoms with van der Waals surface area (Å²) in [7, 11) is 0. The molecular weight excluding hydrogens is 254 g/mol. The van der Waals surface area contributed by atoms with Gasteiger partial charge in [0.1, 0.15) is 4.88 Å². The number of thiophene rings is 1. The second-order valence-corrected chi connectivity index (χ2v) is 4.07. The predicted octanol–water partition coefficient (Wildman–Crippen LogP) is 2.02. The first-order chi connectivity index (χ1) is 6.31. The van der Waals surface area contributed by atoms with Gasteiger partial charge >= 0.3 is 0 Å². The Hall–Kier alpha value is -0.720. The average molecular weight is 260 g/mol. The van der Waals surface area contributed by atoms with E-state index in [1.807, 2.05) is 11.4 Å². The molecule has 13 heavy (non-hydrogen) atoms. The molecule has 0 radical (unpaired) electrons. The van der Waals surface area contributed by atoms with Crippen LogP contribution in [0.1, 0.15) is 5.89 Å². The van der Waals surface area contributed by atoms with Crippen LogP contribution in [0.5, 0.6) is 0 Å². The molecule has 6 heteroatoms. The van der Waals surface area contributed by atoms with Crippen LogP contribution < -0.4 is 5.73 Å². The monoisotopic (exact) mass is 259 g/mol. The highest BCUT2D eigenvalue weighted by Gasteiger charge is 2.11. The van der Waals surface area contributed by atoms with Gasteiger partial charge in [0.05, 0.1) is 6.54 Å². The van der Waals surface area contributed by atoms with E-state index < -0.39 is 0 Å². The Morgan fingerprint density at radius 1 is 1.54 bits per heavy atom. The second kappa shape index (κ2) is 3.57. The Kier molecular flexibility index (Phi) is 2.43. The van der Waals surface area contributed by atoms with E-state index in [1.165, 1.54) is 0 Å². The van der Waals surface area contributed by atoms with Gasteiger partial charge in [0.2, 0.25) is 5.89 Å². The van der Waals surface area contributed by atoms with Crippen LogP contribution in [0.3, 0.4) is 0 Å². The van der Waals surface area contributed by atoms with Gasteiger partial charge < -0.3 is 10.2 Å². The van der Waals surface area contributed by atoms with Gasteiger partial charge in [-0.15, -0.1) is 21.5 Å². The van der Waals surface area contributed by atoms with Crippen molar-refractivity contribution < 1.29 is 4.42 Å². The molecular formula is C7H6BrN3OS. The third-order valence-electron chi connectivity index (χ3n) is 1.45. The third-order valence-corrected chi connectivity index (χ3v) is 3.28. The Labute approximate surface area is 86.9 Å². The summed E-state index contributed by atoms with van der Waals surface area (Å²) in [5, 5.41) is 9.60. The molecule has 2 rings (SSSR count). The van der Waals surface area contributed by atoms with Crippen LogP contribution in [-0.2, 0) is 6.54 Å². The van der Waals surface area contributed by atoms with Gasteiger partial charge in [-0.05, 0) is 27.4 Å². The fourth-order valence-corrected chi connectivity index (χ4v) is 2.34. The lowest BCUT2D eigenvalue weighted by Gasteiger charge is -1.88. The van der Waals surface area contributed by atoms with Crippen molar-refractivity contribution in [2.45, 2.75) is 6.54 Å². The van der Waals surface area contributed by atoms with Crippen molar-refractivity contribution in [1.82, 2.24) is 10.2 Å². The van der Waals surface area contributed by atoms with Crippen molar-refractivity contribution in [3.8, 4) is 10.8 Å². The largest absolute Gasteiger partial charge is 0.418 e. The van der Waals surface area contributed by atoms with Gasteiger partial charge in [-0.3, -0.25) is 0 Å². The molecule has 0 atom stereocenters. The van der Waals surface area contributed by atoms with Crippen LogP contribution in [0, 0.1) is 0 Å². The topological polar surface area (TPSA) is 64.9 Å². The Morgan fingerprint density at radius 3 is 2.92 bits per heavy atom. The van der Waals surface area contributed by atoms with E-state index in [4.69, 9.17) is 10.2 Å². The molecule has 2 N–H and O–H groups in total. The van der Waals surface area contributed by atoms with Gasteiger partial charge in [-0.1, -0.05) is 0 Å². The van der Waals surface area contributed by atoms with E-state index in [-0.39, 0.29) is 6.54 Å². The Morgan fingerprint density at radius 2 is 2.38 bits per heavy atom. The van der Waals surface area contributed by atoms with E-state index in [0.29, 0.717) is 11.8 Å². The van der Waals surface area contributed by atoms with Gasteiger partial charge in [-0.2, -0.15) is 0 Å². The zero-order valence-corrected chi connectivity index (χ0v) is 8.93. The number of hydrogen-bond donors (Lipinski definition) is 1. The fourth-order valence-electron chi connectivity index (χ4n) is 0.874. The molecule has 0 amide bonds. The fraction of sp³-hybridized carbons (Fsp3) is 0.143. The molecule has 0 aliphatic heterocycles. The molecule has 4 nitrogen and oxygen atoms in total. The highest BCUT2D eigenvalue weighted by Crippen LogP contribution is 2.32. The van der Waals surface area contributed by atoms with Crippen molar-refractivity contribution in [2.75, 3.05) is 0 Å². The molecule has 0 aromatic carbocycles. The molecule has 0 fully saturated rings. The Bertz CT molecular complexity index is 411. The van der Waals surface area contributed by atoms with E-state index in [1.54, 1.807) is 11.3 Å². The maximum Gasteiger partial charge on any atom is 0.258 e. The maximum absolute atomic E-state index is 5.35. The summed E-state index contributed by atoms with van der Waals surface area (Å²) < 4.78 is 6.25. The lowest BCUT2D eigenvalue weighted by atomic mass is 10.5. The summed E-state index contributed by atoms with van der Waals surface area (Å²) in [6.07, 6.45) is 0. The van der Waals surface area contributed by atoms with Crippen LogP contribution in [0.4, 0.5) is 0 Å². The van der Waals surface area contributed by atoms with Crippen molar-refractivity contribution >= 4 is 27.3 Å². The first-order valence-corrected chi connectivity index (χ1v) is 5.24. The molecule has 2 heterocycles. The smallest absolute Gasteiger partial charge is 0.258 e. The van der Waals surface area contributed by atoms with Gasteiger partial charge in [0.25, 0.3) is 5.89 Å². The minimum atomic E-state index is 0.274. The molecule has 68 valence electrons. The molecule has 0 spiro atoms. The molecule has 2 aromatic rings. The summed E-state index contributed by atoms with van der Waals surface area (Å²) in [6.45, 7) is 0.274. The van der Waals surface area contributed by atoms with E-state index in [9.17, 15) is 0 Å². The SMILES string of the molecule is NCc1nnc(-c2sccc2Br)o1. The maximum atomic E-state index is 5.35. The summed E-state index contributed by atoms with van der Waals surface area (Å²) >= 11 is 4.93. The first-order valence-electron chi connectivity index (χ1n) is 3.57. The zero-order chi connectivity index (χ0) is 9.26. The molecule has 0 bridgehead atoms. The van der Waals surface area contributed by atoms with E-state index >= 15 is 0 Å². The summed E-state index contributed by atoms with van der Waals surface area (Å²) in [6, 6.07) is 1.94. The lowest BCUT2D eigenvalue weighted by Crippen LogP contribution is -1.95. The highest BCUT2D eigenvalue weighted by atomic mass is 79.9.